The minimum atomic E-state index is -0.394. The summed E-state index contributed by atoms with van der Waals surface area (Å²) in [4.78, 5) is 32.0. The lowest BCUT2D eigenvalue weighted by Gasteiger charge is -2.21. The number of nitrogens with one attached hydrogen (secondary N) is 1. The first-order valence-electron chi connectivity index (χ1n) is 15.3. The van der Waals surface area contributed by atoms with Crippen LogP contribution in [0, 0.1) is 18.6 Å². The summed E-state index contributed by atoms with van der Waals surface area (Å²) in [7, 11) is 3.46. The van der Waals surface area contributed by atoms with E-state index in [4.69, 9.17) is 9.40 Å². The molecule has 0 fully saturated rings. The zero-order valence-electron chi connectivity index (χ0n) is 27.3. The first-order valence-corrected chi connectivity index (χ1v) is 16.4. The fourth-order valence-electron chi connectivity index (χ4n) is 5.70. The van der Waals surface area contributed by atoms with Crippen molar-refractivity contribution in [3.8, 4) is 22.5 Å². The van der Waals surface area contributed by atoms with Crippen molar-refractivity contribution in [3.05, 3.63) is 118 Å². The molecule has 6 rings (SSSR count). The van der Waals surface area contributed by atoms with Crippen LogP contribution in [-0.2, 0) is 0 Å². The van der Waals surface area contributed by atoms with Gasteiger partial charge in [-0.15, -0.1) is 0 Å². The van der Waals surface area contributed by atoms with Crippen LogP contribution < -0.4 is 15.2 Å². The van der Waals surface area contributed by atoms with E-state index in [1.807, 2.05) is 68.7 Å². The molecule has 0 spiro atoms. The van der Waals surface area contributed by atoms with Crippen LogP contribution >= 0.6 is 11.9 Å². The minimum Gasteiger partial charge on any atom is -0.455 e. The van der Waals surface area contributed by atoms with Crippen molar-refractivity contribution in [1.29, 1.82) is 0 Å². The average molecular weight is 655 g/mol. The van der Waals surface area contributed by atoms with E-state index in [2.05, 4.69) is 5.32 Å². The summed E-state index contributed by atoms with van der Waals surface area (Å²) < 4.78 is 37.2. The third kappa shape index (κ3) is 6.25. The molecule has 1 unspecified atom stereocenters. The Labute approximate surface area is 276 Å². The van der Waals surface area contributed by atoms with E-state index in [0.29, 0.717) is 44.6 Å². The molecule has 1 amide bonds. The number of furan rings is 1. The summed E-state index contributed by atoms with van der Waals surface area (Å²) in [6.07, 6.45) is 1.94. The Kier molecular flexibility index (Phi) is 9.81. The van der Waals surface area contributed by atoms with Crippen LogP contribution in [0.2, 0.25) is 0 Å². The van der Waals surface area contributed by atoms with E-state index in [-0.39, 0.29) is 23.3 Å². The van der Waals surface area contributed by atoms with E-state index >= 15 is 0 Å². The zero-order chi connectivity index (χ0) is 34.0. The van der Waals surface area contributed by atoms with Crippen LogP contribution in [-0.4, -0.2) is 35.8 Å². The third-order valence-corrected chi connectivity index (χ3v) is 8.85. The van der Waals surface area contributed by atoms with Gasteiger partial charge in [0, 0.05) is 42.9 Å². The first kappa shape index (κ1) is 33.4. The van der Waals surface area contributed by atoms with Gasteiger partial charge in [-0.25, -0.2) is 13.8 Å². The highest BCUT2D eigenvalue weighted by molar-refractivity contribution is 7.99. The highest BCUT2D eigenvalue weighted by atomic mass is 32.2. The third-order valence-electron chi connectivity index (χ3n) is 8.11. The Bertz CT molecular complexity index is 2140. The molecule has 0 aliphatic heterocycles. The largest absolute Gasteiger partial charge is 0.455 e. The molecular weight excluding hydrogens is 618 g/mol. The molecule has 10 heteroatoms. The number of carbonyl (C=O) groups excluding carboxylic acids is 1. The van der Waals surface area contributed by atoms with Gasteiger partial charge < -0.3 is 14.0 Å². The van der Waals surface area contributed by atoms with Gasteiger partial charge >= 0.3 is 0 Å². The van der Waals surface area contributed by atoms with Crippen molar-refractivity contribution in [2.45, 2.75) is 33.7 Å². The lowest BCUT2D eigenvalue weighted by atomic mass is 9.97. The molecule has 0 saturated heterocycles. The average Bonchev–Trinajstić information content (AvgIpc) is 3.46. The number of rotatable bonds is 7. The van der Waals surface area contributed by atoms with Crippen LogP contribution in [0.5, 0.6) is 0 Å². The number of carbonyl (C=O) groups is 1. The standard InChI is InChI=1S/C35H30F2N4O3S.C2H6/c1-19(21-6-11-24(36)12-7-21)41-20(2)39-29-15-10-23(16-27(29)35(41)43)26-17-28-31(18-30(26)40(4)45-5)44-33(32(28)34(42)38-3)22-8-13-25(37)14-9-22;1-2/h6-19H,1-5H3,(H,38,42);1-2H3. The summed E-state index contributed by atoms with van der Waals surface area (Å²) in [5.74, 6) is -0.213. The van der Waals surface area contributed by atoms with Crippen molar-refractivity contribution >= 4 is 45.4 Å². The Morgan fingerprint density at radius 3 is 2.17 bits per heavy atom. The fraction of sp³-hybridized carbons (Fsp3) is 0.216. The van der Waals surface area contributed by atoms with Gasteiger partial charge in [0.15, 0.2) is 0 Å². The number of aryl methyl sites for hydroxylation is 1. The lowest BCUT2D eigenvalue weighted by molar-refractivity contribution is 0.0964. The number of anilines is 1. The van der Waals surface area contributed by atoms with Crippen LogP contribution in [0.4, 0.5) is 14.5 Å². The predicted octanol–water partition coefficient (Wildman–Crippen LogP) is 8.77. The molecule has 47 heavy (non-hydrogen) atoms. The molecular formula is C37H36F2N4O3S. The first-order chi connectivity index (χ1) is 22.6. The summed E-state index contributed by atoms with van der Waals surface area (Å²) in [5, 5.41) is 3.70. The van der Waals surface area contributed by atoms with Crippen LogP contribution in [0.3, 0.4) is 0 Å². The topological polar surface area (TPSA) is 80.4 Å². The van der Waals surface area contributed by atoms with E-state index in [0.717, 1.165) is 22.4 Å². The normalized spacial score (nSPS) is 11.7. The molecule has 1 atom stereocenters. The molecule has 1 N–H and O–H groups in total. The number of hydrogen-bond acceptors (Lipinski definition) is 6. The maximum atomic E-state index is 14.0. The maximum absolute atomic E-state index is 14.0. The number of hydrogen-bond donors (Lipinski definition) is 1. The Morgan fingerprint density at radius 1 is 0.936 bits per heavy atom. The number of fused-ring (bicyclic) bond motifs is 2. The number of nitrogens with zero attached hydrogens (tertiary/aromatic N) is 3. The second-order valence-electron chi connectivity index (χ2n) is 10.7. The fourth-order valence-corrected chi connectivity index (χ4v) is 6.05. The molecule has 0 saturated carbocycles. The number of amides is 1. The van der Waals surface area contributed by atoms with Crippen molar-refractivity contribution < 1.29 is 18.0 Å². The van der Waals surface area contributed by atoms with E-state index in [9.17, 15) is 18.4 Å². The molecule has 2 aromatic heterocycles. The molecule has 4 aromatic carbocycles. The van der Waals surface area contributed by atoms with Crippen LogP contribution in [0.25, 0.3) is 44.3 Å². The Balaban J connectivity index is 0.00000213. The van der Waals surface area contributed by atoms with Gasteiger partial charge in [0.2, 0.25) is 0 Å². The number of benzene rings is 4. The van der Waals surface area contributed by atoms with E-state index in [1.165, 1.54) is 36.2 Å². The second-order valence-corrected chi connectivity index (χ2v) is 11.6. The maximum Gasteiger partial charge on any atom is 0.261 e. The zero-order valence-corrected chi connectivity index (χ0v) is 28.1. The van der Waals surface area contributed by atoms with E-state index in [1.54, 1.807) is 42.8 Å². The summed E-state index contributed by atoms with van der Waals surface area (Å²) in [6, 6.07) is 20.8. The molecule has 242 valence electrons. The number of halogens is 2. The van der Waals surface area contributed by atoms with Gasteiger partial charge in [-0.1, -0.05) is 44.0 Å². The van der Waals surface area contributed by atoms with Crippen molar-refractivity contribution in [2.24, 2.45) is 0 Å². The molecule has 0 bridgehead atoms. The van der Waals surface area contributed by atoms with Crippen LogP contribution in [0.15, 0.2) is 88.1 Å². The molecule has 0 aliphatic rings. The molecule has 7 nitrogen and oxygen atoms in total. The minimum absolute atomic E-state index is 0.218. The molecule has 0 radical (unpaired) electrons. The van der Waals surface area contributed by atoms with Gasteiger partial charge in [0.05, 0.1) is 28.2 Å². The van der Waals surface area contributed by atoms with Crippen LogP contribution in [0.1, 0.15) is 48.6 Å². The summed E-state index contributed by atoms with van der Waals surface area (Å²) in [6.45, 7) is 7.67. The Hall–Kier alpha value is -4.96. The van der Waals surface area contributed by atoms with Gasteiger partial charge in [0.1, 0.15) is 28.8 Å². The lowest BCUT2D eigenvalue weighted by Crippen LogP contribution is -2.27. The SMILES string of the molecule is CC.CNC(=O)c1c(-c2ccc(F)cc2)oc2cc(N(C)SC)c(-c3ccc4nc(C)n(C(C)c5ccc(F)cc5)c(=O)c4c3)cc12. The predicted molar refractivity (Wildman–Crippen MR) is 188 cm³/mol. The smallest absolute Gasteiger partial charge is 0.261 e. The summed E-state index contributed by atoms with van der Waals surface area (Å²) >= 11 is 1.49. The van der Waals surface area contributed by atoms with Gasteiger partial charge in [0.25, 0.3) is 11.5 Å². The summed E-state index contributed by atoms with van der Waals surface area (Å²) in [5.41, 5.74) is 4.82. The van der Waals surface area contributed by atoms with Gasteiger partial charge in [-0.2, -0.15) is 0 Å². The van der Waals surface area contributed by atoms with E-state index < -0.39 is 5.82 Å². The van der Waals surface area contributed by atoms with Gasteiger partial charge in [-0.05, 0) is 79.6 Å². The van der Waals surface area contributed by atoms with Crippen molar-refractivity contribution in [2.75, 3.05) is 24.7 Å². The van der Waals surface area contributed by atoms with Crippen molar-refractivity contribution in [1.82, 2.24) is 14.9 Å². The monoisotopic (exact) mass is 654 g/mol. The Morgan fingerprint density at radius 2 is 1.55 bits per heavy atom. The van der Waals surface area contributed by atoms with Gasteiger partial charge in [-0.3, -0.25) is 14.2 Å². The molecule has 2 heterocycles. The highest BCUT2D eigenvalue weighted by Crippen LogP contribution is 2.42. The molecule has 6 aromatic rings. The molecule has 0 aliphatic carbocycles. The quantitative estimate of drug-likeness (QED) is 0.173. The van der Waals surface area contributed by atoms with Crippen molar-refractivity contribution in [3.63, 3.8) is 0 Å². The number of aromatic nitrogens is 2. The second kappa shape index (κ2) is 13.8. The highest BCUT2D eigenvalue weighted by Gasteiger charge is 2.25.